The van der Waals surface area contributed by atoms with Crippen LogP contribution in [0.15, 0.2) is 24.3 Å². The van der Waals surface area contributed by atoms with E-state index >= 15 is 0 Å². The number of anilines is 1. The first-order valence-electron chi connectivity index (χ1n) is 5.91. The van der Waals surface area contributed by atoms with Gasteiger partial charge >= 0.3 is 0 Å². The molecule has 2 aromatic heterocycles. The summed E-state index contributed by atoms with van der Waals surface area (Å²) in [6, 6.07) is 10.1. The van der Waals surface area contributed by atoms with Crippen molar-refractivity contribution in [3.8, 4) is 6.07 Å². The Kier molecular flexibility index (Phi) is 3.83. The summed E-state index contributed by atoms with van der Waals surface area (Å²) in [5.41, 5.74) is 1.45. The summed E-state index contributed by atoms with van der Waals surface area (Å²) < 4.78 is 5.15. The lowest BCUT2D eigenvalue weighted by Crippen LogP contribution is -2.04. The molecule has 0 aliphatic carbocycles. The van der Waals surface area contributed by atoms with Gasteiger partial charge in [-0.05, 0) is 23.7 Å². The molecule has 1 aromatic carbocycles. The van der Waals surface area contributed by atoms with Crippen LogP contribution in [0.2, 0.25) is 5.15 Å². The highest BCUT2D eigenvalue weighted by Crippen LogP contribution is 2.27. The van der Waals surface area contributed by atoms with Crippen LogP contribution < -0.4 is 5.32 Å². The van der Waals surface area contributed by atoms with Crippen molar-refractivity contribution in [1.29, 1.82) is 5.26 Å². The summed E-state index contributed by atoms with van der Waals surface area (Å²) in [6.45, 7) is 0.701. The van der Waals surface area contributed by atoms with E-state index in [1.165, 1.54) is 16.2 Å². The quantitative estimate of drug-likeness (QED) is 0.791. The maximum Gasteiger partial charge on any atom is 0.162 e. The Morgan fingerprint density at radius 1 is 1.35 bits per heavy atom. The molecule has 1 N–H and O–H groups in total. The Morgan fingerprint density at radius 2 is 2.20 bits per heavy atom. The third-order valence-corrected chi connectivity index (χ3v) is 5.00. The Labute approximate surface area is 128 Å². The Morgan fingerprint density at radius 3 is 3.00 bits per heavy atom. The van der Waals surface area contributed by atoms with Crippen LogP contribution >= 0.6 is 34.5 Å². The number of nitriles is 1. The van der Waals surface area contributed by atoms with Crippen LogP contribution in [-0.4, -0.2) is 15.9 Å². The number of hydrogen-bond donors (Lipinski definition) is 1. The van der Waals surface area contributed by atoms with Crippen molar-refractivity contribution in [3.05, 3.63) is 40.0 Å². The second-order valence-electron chi connectivity index (χ2n) is 4.04. The number of thiazole rings is 1. The van der Waals surface area contributed by atoms with E-state index in [0.717, 1.165) is 21.9 Å². The van der Waals surface area contributed by atoms with Gasteiger partial charge in [-0.2, -0.15) is 9.64 Å². The van der Waals surface area contributed by atoms with E-state index in [4.69, 9.17) is 16.9 Å². The van der Waals surface area contributed by atoms with Gasteiger partial charge in [-0.25, -0.2) is 4.98 Å². The normalized spacial score (nSPS) is 10.6. The molecule has 0 aliphatic rings. The average Bonchev–Trinajstić information content (AvgIpc) is 3.02. The predicted molar refractivity (Wildman–Crippen MR) is 83.7 cm³/mol. The minimum atomic E-state index is 0.264. The molecule has 0 bridgehead atoms. The van der Waals surface area contributed by atoms with Crippen molar-refractivity contribution < 1.29 is 0 Å². The zero-order chi connectivity index (χ0) is 13.9. The highest BCUT2D eigenvalue weighted by Gasteiger charge is 2.11. The van der Waals surface area contributed by atoms with E-state index in [1.54, 1.807) is 11.3 Å². The first-order valence-corrected chi connectivity index (χ1v) is 7.88. The van der Waals surface area contributed by atoms with Gasteiger partial charge in [0.1, 0.15) is 16.6 Å². The molecule has 3 aromatic rings. The van der Waals surface area contributed by atoms with Crippen molar-refractivity contribution in [3.63, 3.8) is 0 Å². The summed E-state index contributed by atoms with van der Waals surface area (Å²) in [7, 11) is 0. The number of nitrogens with one attached hydrogen (secondary N) is 1. The van der Waals surface area contributed by atoms with Crippen LogP contribution in [0.1, 0.15) is 10.6 Å². The molecule has 2 heterocycles. The van der Waals surface area contributed by atoms with E-state index in [9.17, 15) is 0 Å². The van der Waals surface area contributed by atoms with E-state index in [2.05, 4.69) is 26.8 Å². The molecule has 20 heavy (non-hydrogen) atoms. The van der Waals surface area contributed by atoms with Gasteiger partial charge in [0, 0.05) is 13.0 Å². The van der Waals surface area contributed by atoms with Crippen LogP contribution in [0.3, 0.4) is 0 Å². The molecule has 0 radical (unpaired) electrons. The first-order chi connectivity index (χ1) is 9.78. The molecule has 0 unspecified atom stereocenters. The molecule has 0 saturated carbocycles. The van der Waals surface area contributed by atoms with Crippen LogP contribution in [0, 0.1) is 11.3 Å². The highest BCUT2D eigenvalue weighted by atomic mass is 35.5. The second-order valence-corrected chi connectivity index (χ2v) is 6.29. The Bertz CT molecular complexity index is 754. The number of benzene rings is 1. The minimum Gasteiger partial charge on any atom is -0.374 e. The van der Waals surface area contributed by atoms with Gasteiger partial charge < -0.3 is 5.32 Å². The molecular weight excluding hydrogens is 312 g/mol. The summed E-state index contributed by atoms with van der Waals surface area (Å²) in [6.07, 6.45) is 0.805. The Balaban J connectivity index is 1.66. The molecule has 0 aliphatic heterocycles. The average molecular weight is 321 g/mol. The fraction of sp³-hybridized carbons (Fsp3) is 0.154. The third-order valence-electron chi connectivity index (χ3n) is 2.72. The van der Waals surface area contributed by atoms with Crippen molar-refractivity contribution in [1.82, 2.24) is 9.36 Å². The monoisotopic (exact) mass is 320 g/mol. The number of fused-ring (bicyclic) bond motifs is 1. The third kappa shape index (κ3) is 2.61. The largest absolute Gasteiger partial charge is 0.374 e. The molecule has 100 valence electrons. The molecule has 4 nitrogen and oxygen atoms in total. The molecule has 0 atom stereocenters. The summed E-state index contributed by atoms with van der Waals surface area (Å²) in [4.78, 5) is 4.57. The lowest BCUT2D eigenvalue weighted by atomic mass is 10.3. The molecule has 0 fully saturated rings. The maximum atomic E-state index is 8.98. The SMILES string of the molecule is N#Cc1c(Cl)nsc1NCCc1nc2ccccc2s1. The van der Waals surface area contributed by atoms with Crippen LogP contribution in [0.25, 0.3) is 10.2 Å². The number of hydrogen-bond acceptors (Lipinski definition) is 6. The summed E-state index contributed by atoms with van der Waals surface area (Å²) >= 11 is 8.72. The van der Waals surface area contributed by atoms with Gasteiger partial charge in [0.25, 0.3) is 0 Å². The summed E-state index contributed by atoms with van der Waals surface area (Å²) in [5, 5.41) is 14.2. The number of rotatable bonds is 4. The van der Waals surface area contributed by atoms with Gasteiger partial charge in [0.15, 0.2) is 5.15 Å². The molecule has 0 saturated heterocycles. The van der Waals surface area contributed by atoms with Crippen molar-refractivity contribution >= 4 is 49.7 Å². The number of halogens is 1. The smallest absolute Gasteiger partial charge is 0.162 e. The van der Waals surface area contributed by atoms with Gasteiger partial charge in [-0.15, -0.1) is 11.3 Å². The van der Waals surface area contributed by atoms with E-state index in [-0.39, 0.29) is 5.15 Å². The number of para-hydroxylation sites is 1. The Hall–Kier alpha value is -1.68. The zero-order valence-corrected chi connectivity index (χ0v) is 12.6. The minimum absolute atomic E-state index is 0.264. The van der Waals surface area contributed by atoms with Gasteiger partial charge in [-0.3, -0.25) is 0 Å². The fourth-order valence-corrected chi connectivity index (χ4v) is 3.72. The van der Waals surface area contributed by atoms with Gasteiger partial charge in [-0.1, -0.05) is 23.7 Å². The lowest BCUT2D eigenvalue weighted by molar-refractivity contribution is 1.01. The van der Waals surface area contributed by atoms with Crippen molar-refractivity contribution in [2.75, 3.05) is 11.9 Å². The number of aromatic nitrogens is 2. The summed E-state index contributed by atoms with van der Waals surface area (Å²) in [5.74, 6) is 0. The first kappa shape index (κ1) is 13.3. The fourth-order valence-electron chi connectivity index (χ4n) is 1.80. The molecule has 0 spiro atoms. The van der Waals surface area contributed by atoms with Crippen LogP contribution in [-0.2, 0) is 6.42 Å². The van der Waals surface area contributed by atoms with Gasteiger partial charge in [0.05, 0.1) is 15.2 Å². The van der Waals surface area contributed by atoms with Crippen molar-refractivity contribution in [2.45, 2.75) is 6.42 Å². The topological polar surface area (TPSA) is 61.6 Å². The van der Waals surface area contributed by atoms with E-state index in [0.29, 0.717) is 12.1 Å². The molecule has 7 heteroatoms. The van der Waals surface area contributed by atoms with E-state index in [1.807, 2.05) is 18.2 Å². The lowest BCUT2D eigenvalue weighted by Gasteiger charge is -2.00. The number of nitrogens with zero attached hydrogens (tertiary/aromatic N) is 3. The molecule has 3 rings (SSSR count). The van der Waals surface area contributed by atoms with Crippen molar-refractivity contribution in [2.24, 2.45) is 0 Å². The standard InChI is InChI=1S/C13H9ClN4S2/c14-12-8(7-15)13(20-18-12)16-6-5-11-17-9-3-1-2-4-10(9)19-11/h1-4,16H,5-6H2. The van der Waals surface area contributed by atoms with Crippen LogP contribution in [0.4, 0.5) is 5.00 Å². The maximum absolute atomic E-state index is 8.98. The highest BCUT2D eigenvalue weighted by molar-refractivity contribution is 7.18. The van der Waals surface area contributed by atoms with Crippen LogP contribution in [0.5, 0.6) is 0 Å². The molecule has 0 amide bonds. The zero-order valence-electron chi connectivity index (χ0n) is 10.3. The van der Waals surface area contributed by atoms with E-state index < -0.39 is 0 Å². The van der Waals surface area contributed by atoms with Gasteiger partial charge in [0.2, 0.25) is 0 Å². The second kappa shape index (κ2) is 5.75. The molecular formula is C13H9ClN4S2. The predicted octanol–water partition coefficient (Wildman–Crippen LogP) is 3.93.